The largest absolute Gasteiger partial charge is 0.462 e. The van der Waals surface area contributed by atoms with E-state index >= 15 is 0 Å². The van der Waals surface area contributed by atoms with Crippen molar-refractivity contribution in [1.82, 2.24) is 20.0 Å². The molecule has 60 heavy (non-hydrogen) atoms. The number of carbonyl (C=O) groups is 3. The predicted octanol–water partition coefficient (Wildman–Crippen LogP) is 10.9. The summed E-state index contributed by atoms with van der Waals surface area (Å²) in [5, 5.41) is 3.46. The van der Waals surface area contributed by atoms with Crippen LogP contribution in [-0.2, 0) is 28.6 Å². The van der Waals surface area contributed by atoms with Crippen LogP contribution in [0.15, 0.2) is 0 Å². The van der Waals surface area contributed by atoms with Gasteiger partial charge in [0.05, 0.1) is 19.3 Å². The third-order valence-electron chi connectivity index (χ3n) is 12.2. The van der Waals surface area contributed by atoms with Crippen LogP contribution in [0, 0.1) is 0 Å². The molecule has 0 aromatic heterocycles. The number of ether oxygens (including phenoxy) is 3. The van der Waals surface area contributed by atoms with E-state index in [-0.39, 0.29) is 36.2 Å². The van der Waals surface area contributed by atoms with Crippen molar-refractivity contribution in [3.63, 3.8) is 0 Å². The van der Waals surface area contributed by atoms with Crippen LogP contribution in [0.1, 0.15) is 215 Å². The Morgan fingerprint density at radius 3 is 1.08 bits per heavy atom. The van der Waals surface area contributed by atoms with E-state index in [1.807, 2.05) is 0 Å². The molecule has 1 aliphatic rings. The predicted molar refractivity (Wildman–Crippen MR) is 251 cm³/mol. The highest BCUT2D eigenvalue weighted by Gasteiger charge is 2.21. The van der Waals surface area contributed by atoms with Gasteiger partial charge in [-0.25, -0.2) is 0 Å². The van der Waals surface area contributed by atoms with Crippen LogP contribution in [0.3, 0.4) is 0 Å². The van der Waals surface area contributed by atoms with E-state index in [2.05, 4.69) is 61.6 Å². The average molecular weight is 851 g/mol. The Kier molecular flexibility index (Phi) is 37.6. The molecule has 0 bridgehead atoms. The van der Waals surface area contributed by atoms with Crippen LogP contribution in [0.5, 0.6) is 0 Å². The summed E-state index contributed by atoms with van der Waals surface area (Å²) >= 11 is 0. The Morgan fingerprint density at radius 2 is 0.750 bits per heavy atom. The van der Waals surface area contributed by atoms with Gasteiger partial charge in [0.15, 0.2) is 0 Å². The molecule has 3 unspecified atom stereocenters. The molecule has 0 amide bonds. The molecule has 1 aliphatic heterocycles. The Labute approximate surface area is 370 Å². The zero-order valence-electron chi connectivity index (χ0n) is 40.4. The van der Waals surface area contributed by atoms with Crippen molar-refractivity contribution in [2.45, 2.75) is 233 Å². The zero-order chi connectivity index (χ0) is 43.9. The van der Waals surface area contributed by atoms with E-state index in [1.54, 1.807) is 0 Å². The first-order chi connectivity index (χ1) is 29.3. The summed E-state index contributed by atoms with van der Waals surface area (Å²) in [5.41, 5.74) is 0. The maximum atomic E-state index is 13.4. The number of hydrogen-bond donors (Lipinski definition) is 1. The zero-order valence-corrected chi connectivity index (χ0v) is 40.4. The third-order valence-corrected chi connectivity index (χ3v) is 12.2. The van der Waals surface area contributed by atoms with Crippen molar-refractivity contribution in [3.05, 3.63) is 0 Å². The van der Waals surface area contributed by atoms with Crippen molar-refractivity contribution in [2.24, 2.45) is 0 Å². The van der Waals surface area contributed by atoms with Crippen LogP contribution < -0.4 is 5.32 Å². The smallest absolute Gasteiger partial charge is 0.307 e. The van der Waals surface area contributed by atoms with Crippen LogP contribution in [0.25, 0.3) is 0 Å². The normalized spacial score (nSPS) is 15.0. The van der Waals surface area contributed by atoms with Crippen LogP contribution in [0.2, 0.25) is 0 Å². The summed E-state index contributed by atoms with van der Waals surface area (Å²) in [6, 6.07) is 0. The number of nitrogens with one attached hydrogen (secondary N) is 1. The Bertz CT molecular complexity index is 969. The molecule has 0 aromatic rings. The number of hydrogen-bond acceptors (Lipinski definition) is 10. The van der Waals surface area contributed by atoms with Gasteiger partial charge in [-0.3, -0.25) is 19.3 Å². The molecule has 0 spiro atoms. The Hall–Kier alpha value is -1.75. The highest BCUT2D eigenvalue weighted by atomic mass is 16.6. The summed E-state index contributed by atoms with van der Waals surface area (Å²) < 4.78 is 18.3. The second kappa shape index (κ2) is 40.1. The van der Waals surface area contributed by atoms with Crippen LogP contribution >= 0.6 is 0 Å². The summed E-state index contributed by atoms with van der Waals surface area (Å²) in [7, 11) is 0. The molecule has 0 aromatic carbocycles. The Balaban J connectivity index is 3.05. The molecule has 1 heterocycles. The lowest BCUT2D eigenvalue weighted by atomic mass is 10.0. The molecule has 1 saturated heterocycles. The van der Waals surface area contributed by atoms with Crippen molar-refractivity contribution in [3.8, 4) is 0 Å². The average Bonchev–Trinajstić information content (AvgIpc) is 3.25. The number of esters is 3. The SMILES string of the molecule is CCCCCCC(CCCC)OC(=O)CCN(CCC(=O)OC(CCCC)CCCCCC)CCN(CCC(=O)OC(CCCC)CCCCCC)CCN1CCNCC1. The van der Waals surface area contributed by atoms with E-state index in [1.165, 1.54) is 57.8 Å². The lowest BCUT2D eigenvalue weighted by molar-refractivity contribution is -0.152. The highest BCUT2D eigenvalue weighted by Crippen LogP contribution is 2.18. The van der Waals surface area contributed by atoms with Crippen LogP contribution in [0.4, 0.5) is 0 Å². The third kappa shape index (κ3) is 32.0. The topological polar surface area (TPSA) is 101 Å². The molecular formula is C50H98N4O6. The number of unbranched alkanes of at least 4 members (excludes halogenated alkanes) is 12. The van der Waals surface area contributed by atoms with Gasteiger partial charge in [-0.05, 0) is 57.8 Å². The molecule has 0 aliphatic carbocycles. The first kappa shape index (κ1) is 56.3. The van der Waals surface area contributed by atoms with Crippen molar-refractivity contribution in [2.75, 3.05) is 72.0 Å². The van der Waals surface area contributed by atoms with E-state index < -0.39 is 0 Å². The molecule has 0 saturated carbocycles. The lowest BCUT2D eigenvalue weighted by Gasteiger charge is -2.32. The van der Waals surface area contributed by atoms with Gasteiger partial charge in [-0.2, -0.15) is 0 Å². The summed E-state index contributed by atoms with van der Waals surface area (Å²) in [6.07, 6.45) is 27.1. The maximum absolute atomic E-state index is 13.4. The van der Waals surface area contributed by atoms with E-state index in [4.69, 9.17) is 14.2 Å². The highest BCUT2D eigenvalue weighted by molar-refractivity contribution is 5.70. The molecule has 3 atom stereocenters. The van der Waals surface area contributed by atoms with Gasteiger partial charge < -0.3 is 29.3 Å². The minimum absolute atomic E-state index is 0.00873. The molecule has 10 nitrogen and oxygen atoms in total. The lowest BCUT2D eigenvalue weighted by Crippen LogP contribution is -2.47. The number of piperazine rings is 1. The number of rotatable bonds is 42. The van der Waals surface area contributed by atoms with Crippen molar-refractivity contribution < 1.29 is 28.6 Å². The van der Waals surface area contributed by atoms with E-state index in [0.717, 1.165) is 142 Å². The fraction of sp³-hybridized carbons (Fsp3) is 0.940. The van der Waals surface area contributed by atoms with E-state index in [9.17, 15) is 14.4 Å². The first-order valence-corrected chi connectivity index (χ1v) is 25.7. The molecule has 354 valence electrons. The van der Waals surface area contributed by atoms with Gasteiger partial charge in [-0.1, -0.05) is 138 Å². The second-order valence-corrected chi connectivity index (χ2v) is 17.8. The summed E-state index contributed by atoms with van der Waals surface area (Å²) in [6.45, 7) is 22.2. The fourth-order valence-corrected chi connectivity index (χ4v) is 8.13. The standard InChI is InChI=1S/C50H98N4O6/c1-7-13-19-22-28-45(25-16-10-4)58-48(55)31-36-52(37-32-49(56)59-46(26-17-11-5)29-23-20-14-8-2)41-42-53(43-44-54-39-34-51-35-40-54)38-33-50(57)60-47(27-18-12-6)30-24-21-15-9-3/h45-47,51H,7-44H2,1-6H3. The van der Waals surface area contributed by atoms with Crippen molar-refractivity contribution >= 4 is 17.9 Å². The number of carbonyl (C=O) groups excluding carboxylic acids is 3. The summed E-state index contributed by atoms with van der Waals surface area (Å²) in [4.78, 5) is 47.2. The molecule has 0 radical (unpaired) electrons. The van der Waals surface area contributed by atoms with Gasteiger partial charge in [-0.15, -0.1) is 0 Å². The van der Waals surface area contributed by atoms with Gasteiger partial charge in [0.25, 0.3) is 0 Å². The monoisotopic (exact) mass is 851 g/mol. The Morgan fingerprint density at radius 1 is 0.433 bits per heavy atom. The van der Waals surface area contributed by atoms with Gasteiger partial charge >= 0.3 is 17.9 Å². The minimum atomic E-state index is -0.142. The molecule has 1 rings (SSSR count). The van der Waals surface area contributed by atoms with Gasteiger partial charge in [0.1, 0.15) is 18.3 Å². The van der Waals surface area contributed by atoms with Crippen molar-refractivity contribution in [1.29, 1.82) is 0 Å². The van der Waals surface area contributed by atoms with E-state index in [0.29, 0.717) is 45.4 Å². The fourth-order valence-electron chi connectivity index (χ4n) is 8.13. The maximum Gasteiger partial charge on any atom is 0.307 e. The molecule has 1 fully saturated rings. The molecular weight excluding hydrogens is 753 g/mol. The summed E-state index contributed by atoms with van der Waals surface area (Å²) in [5.74, 6) is -0.381. The van der Waals surface area contributed by atoms with Gasteiger partial charge in [0, 0.05) is 72.0 Å². The second-order valence-electron chi connectivity index (χ2n) is 17.8. The quantitative estimate of drug-likeness (QED) is 0.0363. The van der Waals surface area contributed by atoms with Gasteiger partial charge in [0.2, 0.25) is 0 Å². The number of nitrogens with zero attached hydrogens (tertiary/aromatic N) is 3. The van der Waals surface area contributed by atoms with Crippen LogP contribution in [-0.4, -0.2) is 123 Å². The molecule has 10 heteroatoms. The molecule has 1 N–H and O–H groups in total. The minimum Gasteiger partial charge on any atom is -0.462 e. The first-order valence-electron chi connectivity index (χ1n) is 25.7.